The molecule has 0 fully saturated rings. The van der Waals surface area contributed by atoms with Crippen molar-refractivity contribution in [3.63, 3.8) is 0 Å². The van der Waals surface area contributed by atoms with Crippen LogP contribution in [0.4, 0.5) is 11.4 Å². The fraction of sp³-hybridized carbons (Fsp3) is 0.263. The van der Waals surface area contributed by atoms with Crippen molar-refractivity contribution >= 4 is 23.2 Å². The summed E-state index contributed by atoms with van der Waals surface area (Å²) < 4.78 is 0. The van der Waals surface area contributed by atoms with Gasteiger partial charge in [-0.2, -0.15) is 0 Å². The number of hydrogen-bond acceptors (Lipinski definition) is 2. The van der Waals surface area contributed by atoms with E-state index in [0.717, 1.165) is 28.1 Å². The van der Waals surface area contributed by atoms with Crippen molar-refractivity contribution in [2.24, 2.45) is 0 Å². The van der Waals surface area contributed by atoms with Gasteiger partial charge in [0, 0.05) is 24.8 Å². The number of fused-ring (bicyclic) bond motifs is 1. The predicted octanol–water partition coefficient (Wildman–Crippen LogP) is 3.39. The monoisotopic (exact) mass is 308 g/mol. The van der Waals surface area contributed by atoms with E-state index in [1.165, 1.54) is 0 Å². The first-order chi connectivity index (χ1) is 11.0. The summed E-state index contributed by atoms with van der Waals surface area (Å²) in [6.45, 7) is 3.99. The zero-order chi connectivity index (χ0) is 16.6. The van der Waals surface area contributed by atoms with Crippen molar-refractivity contribution < 1.29 is 9.59 Å². The zero-order valence-electron chi connectivity index (χ0n) is 13.6. The summed E-state index contributed by atoms with van der Waals surface area (Å²) in [7, 11) is 1.75. The predicted molar refractivity (Wildman–Crippen MR) is 91.8 cm³/mol. The Morgan fingerprint density at radius 2 is 1.78 bits per heavy atom. The highest BCUT2D eigenvalue weighted by Crippen LogP contribution is 2.35. The maximum atomic E-state index is 12.7. The number of para-hydroxylation sites is 1. The lowest BCUT2D eigenvalue weighted by Crippen LogP contribution is -2.37. The second-order valence-corrected chi connectivity index (χ2v) is 6.13. The van der Waals surface area contributed by atoms with Crippen LogP contribution >= 0.6 is 0 Å². The van der Waals surface area contributed by atoms with Gasteiger partial charge < -0.3 is 10.2 Å². The van der Waals surface area contributed by atoms with Gasteiger partial charge in [0.1, 0.15) is 0 Å². The number of amides is 2. The summed E-state index contributed by atoms with van der Waals surface area (Å²) in [5.74, 6) is -0.621. The number of carbonyl (C=O) groups excluding carboxylic acids is 2. The molecule has 2 aromatic rings. The summed E-state index contributed by atoms with van der Waals surface area (Å²) in [5.41, 5.74) is 4.68. The van der Waals surface area contributed by atoms with Gasteiger partial charge in [-0.15, -0.1) is 0 Å². The Labute approximate surface area is 136 Å². The highest BCUT2D eigenvalue weighted by molar-refractivity contribution is 6.05. The molecule has 4 nitrogen and oxygen atoms in total. The molecule has 0 aliphatic carbocycles. The van der Waals surface area contributed by atoms with Crippen molar-refractivity contribution in [2.75, 3.05) is 17.3 Å². The Morgan fingerprint density at radius 1 is 1.13 bits per heavy atom. The number of rotatable bonds is 2. The Balaban J connectivity index is 1.90. The highest BCUT2D eigenvalue weighted by atomic mass is 16.2. The van der Waals surface area contributed by atoms with Crippen molar-refractivity contribution in [2.45, 2.75) is 26.2 Å². The quantitative estimate of drug-likeness (QED) is 0.924. The number of carbonyl (C=O) groups is 2. The van der Waals surface area contributed by atoms with Crippen molar-refractivity contribution in [1.82, 2.24) is 0 Å². The second kappa shape index (κ2) is 5.88. The van der Waals surface area contributed by atoms with Crippen LogP contribution in [0.1, 0.15) is 29.0 Å². The number of nitrogens with zero attached hydrogens (tertiary/aromatic N) is 1. The fourth-order valence-electron chi connectivity index (χ4n) is 3.15. The van der Waals surface area contributed by atoms with Crippen LogP contribution in [-0.4, -0.2) is 18.9 Å². The largest absolute Gasteiger partial charge is 0.326 e. The lowest BCUT2D eigenvalue weighted by Gasteiger charge is -2.30. The van der Waals surface area contributed by atoms with Crippen LogP contribution in [0.25, 0.3) is 0 Å². The second-order valence-electron chi connectivity index (χ2n) is 6.13. The molecule has 2 aromatic carbocycles. The van der Waals surface area contributed by atoms with Crippen LogP contribution in [0.15, 0.2) is 42.5 Å². The molecule has 1 heterocycles. The third-order valence-corrected chi connectivity index (χ3v) is 4.23. The molecule has 4 heteroatoms. The molecule has 1 unspecified atom stereocenters. The van der Waals surface area contributed by atoms with Gasteiger partial charge >= 0.3 is 0 Å². The third kappa shape index (κ3) is 2.97. The molecule has 1 atom stereocenters. The molecule has 1 aliphatic rings. The van der Waals surface area contributed by atoms with Gasteiger partial charge in [0.15, 0.2) is 0 Å². The molecule has 23 heavy (non-hydrogen) atoms. The van der Waals surface area contributed by atoms with Gasteiger partial charge in [0.05, 0.1) is 5.92 Å². The van der Waals surface area contributed by atoms with E-state index in [2.05, 4.69) is 11.4 Å². The van der Waals surface area contributed by atoms with Crippen LogP contribution in [0.3, 0.4) is 0 Å². The Kier molecular flexibility index (Phi) is 3.90. The third-order valence-electron chi connectivity index (χ3n) is 4.23. The molecule has 0 spiro atoms. The minimum atomic E-state index is -0.448. The lowest BCUT2D eigenvalue weighted by molar-refractivity contribution is -0.124. The fourth-order valence-corrected chi connectivity index (χ4v) is 3.15. The van der Waals surface area contributed by atoms with E-state index in [4.69, 9.17) is 0 Å². The Morgan fingerprint density at radius 3 is 2.48 bits per heavy atom. The SMILES string of the molecule is Cc1cc(C)cc(NC(=O)C2CC(=O)N(C)c3ccccc32)c1. The molecule has 2 amide bonds. The molecule has 118 valence electrons. The maximum absolute atomic E-state index is 12.7. The average molecular weight is 308 g/mol. The van der Waals surface area contributed by atoms with E-state index in [0.29, 0.717) is 0 Å². The van der Waals surface area contributed by atoms with Gasteiger partial charge in [0.25, 0.3) is 0 Å². The van der Waals surface area contributed by atoms with Crippen molar-refractivity contribution in [1.29, 1.82) is 0 Å². The summed E-state index contributed by atoms with van der Waals surface area (Å²) in [6.07, 6.45) is 0.199. The average Bonchev–Trinajstić information content (AvgIpc) is 2.49. The highest BCUT2D eigenvalue weighted by Gasteiger charge is 2.33. The number of aryl methyl sites for hydroxylation is 2. The molecular weight excluding hydrogens is 288 g/mol. The molecule has 3 rings (SSSR count). The number of hydrogen-bond donors (Lipinski definition) is 1. The zero-order valence-corrected chi connectivity index (χ0v) is 13.6. The van der Waals surface area contributed by atoms with Gasteiger partial charge in [-0.3, -0.25) is 9.59 Å². The molecule has 1 aliphatic heterocycles. The van der Waals surface area contributed by atoms with E-state index < -0.39 is 5.92 Å². The van der Waals surface area contributed by atoms with Crippen molar-refractivity contribution in [3.05, 3.63) is 59.2 Å². The van der Waals surface area contributed by atoms with Crippen LogP contribution in [0, 0.1) is 13.8 Å². The Bertz CT molecular complexity index is 762. The smallest absolute Gasteiger partial charge is 0.232 e. The molecule has 1 N–H and O–H groups in total. The van der Waals surface area contributed by atoms with Gasteiger partial charge in [-0.25, -0.2) is 0 Å². The first kappa shape index (κ1) is 15.3. The summed E-state index contributed by atoms with van der Waals surface area (Å²) >= 11 is 0. The van der Waals surface area contributed by atoms with E-state index in [9.17, 15) is 9.59 Å². The molecule has 0 saturated heterocycles. The number of anilines is 2. The molecule has 0 bridgehead atoms. The molecule has 0 radical (unpaired) electrons. The van der Waals surface area contributed by atoms with E-state index in [-0.39, 0.29) is 18.2 Å². The van der Waals surface area contributed by atoms with Gasteiger partial charge in [-0.05, 0) is 48.7 Å². The van der Waals surface area contributed by atoms with E-state index in [1.807, 2.05) is 50.2 Å². The Hall–Kier alpha value is -2.62. The minimum absolute atomic E-state index is 0.0377. The number of benzene rings is 2. The maximum Gasteiger partial charge on any atom is 0.232 e. The molecule has 0 aromatic heterocycles. The molecule has 0 saturated carbocycles. The van der Waals surface area contributed by atoms with Gasteiger partial charge in [-0.1, -0.05) is 24.3 Å². The van der Waals surface area contributed by atoms with E-state index in [1.54, 1.807) is 11.9 Å². The standard InChI is InChI=1S/C19H20N2O2/c1-12-8-13(2)10-14(9-12)20-19(23)16-11-18(22)21(3)17-7-5-4-6-15(16)17/h4-10,16H,11H2,1-3H3,(H,20,23). The molecular formula is C19H20N2O2. The topological polar surface area (TPSA) is 49.4 Å². The summed E-state index contributed by atoms with van der Waals surface area (Å²) in [4.78, 5) is 26.5. The van der Waals surface area contributed by atoms with Gasteiger partial charge in [0.2, 0.25) is 11.8 Å². The van der Waals surface area contributed by atoms with Crippen LogP contribution in [0.2, 0.25) is 0 Å². The first-order valence-corrected chi connectivity index (χ1v) is 7.70. The normalized spacial score (nSPS) is 16.9. The first-order valence-electron chi connectivity index (χ1n) is 7.70. The van der Waals surface area contributed by atoms with Crippen LogP contribution < -0.4 is 10.2 Å². The van der Waals surface area contributed by atoms with Crippen molar-refractivity contribution in [3.8, 4) is 0 Å². The number of nitrogens with one attached hydrogen (secondary N) is 1. The summed E-state index contributed by atoms with van der Waals surface area (Å²) in [5, 5.41) is 2.96. The minimum Gasteiger partial charge on any atom is -0.326 e. The van der Waals surface area contributed by atoms with E-state index >= 15 is 0 Å². The summed E-state index contributed by atoms with van der Waals surface area (Å²) in [6, 6.07) is 13.5. The van der Waals surface area contributed by atoms with Crippen LogP contribution in [0.5, 0.6) is 0 Å². The van der Waals surface area contributed by atoms with Crippen LogP contribution in [-0.2, 0) is 9.59 Å². The lowest BCUT2D eigenvalue weighted by atomic mass is 9.89.